The largest absolute Gasteiger partial charge is 0.398 e. The van der Waals surface area contributed by atoms with E-state index in [1.165, 1.54) is 16.4 Å². The number of nitrogen functional groups attached to an aromatic ring is 1. The van der Waals surface area contributed by atoms with Crippen LogP contribution in [0.3, 0.4) is 0 Å². The number of hydrogen-bond acceptors (Lipinski definition) is 5. The molecule has 0 amide bonds. The maximum absolute atomic E-state index is 12.7. The lowest BCUT2D eigenvalue weighted by atomic mass is 10.0. The van der Waals surface area contributed by atoms with Gasteiger partial charge in [0, 0.05) is 25.2 Å². The Morgan fingerprint density at radius 1 is 1.33 bits per heavy atom. The number of nitro groups is 1. The minimum absolute atomic E-state index is 0.0397. The first-order valence-corrected chi connectivity index (χ1v) is 8.30. The Balaban J connectivity index is 2.39. The van der Waals surface area contributed by atoms with E-state index < -0.39 is 14.9 Å². The second-order valence-corrected chi connectivity index (χ2v) is 7.33. The van der Waals surface area contributed by atoms with Crippen molar-refractivity contribution in [2.45, 2.75) is 31.1 Å². The van der Waals surface area contributed by atoms with Gasteiger partial charge in [-0.15, -0.1) is 0 Å². The highest BCUT2D eigenvalue weighted by Gasteiger charge is 2.29. The Kier molecular flexibility index (Phi) is 4.48. The summed E-state index contributed by atoms with van der Waals surface area (Å²) in [6, 6.07) is 3.52. The van der Waals surface area contributed by atoms with Gasteiger partial charge in [-0.3, -0.25) is 10.1 Å². The van der Waals surface area contributed by atoms with Gasteiger partial charge in [-0.2, -0.15) is 4.31 Å². The van der Waals surface area contributed by atoms with Gasteiger partial charge in [-0.25, -0.2) is 8.42 Å². The molecule has 1 fully saturated rings. The Hall–Kier alpha value is -1.67. The van der Waals surface area contributed by atoms with Gasteiger partial charge in [0.05, 0.1) is 10.6 Å². The number of non-ortho nitro benzene ring substituents is 1. The van der Waals surface area contributed by atoms with Gasteiger partial charge >= 0.3 is 0 Å². The third-order valence-corrected chi connectivity index (χ3v) is 5.76. The third kappa shape index (κ3) is 3.33. The van der Waals surface area contributed by atoms with Gasteiger partial charge in [-0.05, 0) is 31.2 Å². The van der Waals surface area contributed by atoms with E-state index >= 15 is 0 Å². The van der Waals surface area contributed by atoms with Crippen LogP contribution >= 0.6 is 0 Å². The monoisotopic (exact) mass is 313 g/mol. The molecular formula is C13H19N3O4S. The molecule has 0 spiro atoms. The van der Waals surface area contributed by atoms with Crippen LogP contribution in [-0.4, -0.2) is 30.7 Å². The van der Waals surface area contributed by atoms with Crippen LogP contribution < -0.4 is 5.73 Å². The number of nitro benzene ring substituents is 1. The minimum Gasteiger partial charge on any atom is -0.398 e. The average molecular weight is 313 g/mol. The standard InChI is InChI=1S/C13H19N3O4S/c1-10-3-2-7-15(8-6-10)21(19,20)13-9-11(16(17)18)4-5-12(13)14/h4-5,9-10H,2-3,6-8,14H2,1H3. The molecule has 1 atom stereocenters. The fourth-order valence-corrected chi connectivity index (χ4v) is 4.11. The van der Waals surface area contributed by atoms with Crippen molar-refractivity contribution in [3.05, 3.63) is 28.3 Å². The van der Waals surface area contributed by atoms with E-state index in [-0.39, 0.29) is 16.3 Å². The van der Waals surface area contributed by atoms with Crippen LogP contribution in [0.2, 0.25) is 0 Å². The normalized spacial score (nSPS) is 20.9. The van der Waals surface area contributed by atoms with Crippen molar-refractivity contribution in [2.75, 3.05) is 18.8 Å². The molecule has 0 saturated carbocycles. The molecule has 8 heteroatoms. The van der Waals surface area contributed by atoms with Gasteiger partial charge < -0.3 is 5.73 Å². The maximum atomic E-state index is 12.7. The number of benzene rings is 1. The lowest BCUT2D eigenvalue weighted by Gasteiger charge is -2.20. The van der Waals surface area contributed by atoms with E-state index in [0.29, 0.717) is 19.0 Å². The van der Waals surface area contributed by atoms with Gasteiger partial charge in [-0.1, -0.05) is 6.92 Å². The fourth-order valence-electron chi connectivity index (χ4n) is 2.48. The molecule has 116 valence electrons. The van der Waals surface area contributed by atoms with E-state index in [4.69, 9.17) is 5.73 Å². The Morgan fingerprint density at radius 2 is 2.05 bits per heavy atom. The molecule has 1 aromatic rings. The van der Waals surface area contributed by atoms with Crippen LogP contribution in [-0.2, 0) is 10.0 Å². The zero-order valence-electron chi connectivity index (χ0n) is 11.9. The molecule has 0 aliphatic carbocycles. The second-order valence-electron chi connectivity index (χ2n) is 5.42. The molecule has 1 unspecified atom stereocenters. The Bertz CT molecular complexity index is 645. The van der Waals surface area contributed by atoms with Crippen LogP contribution in [0.15, 0.2) is 23.1 Å². The van der Waals surface area contributed by atoms with Crippen molar-refractivity contribution < 1.29 is 13.3 Å². The Morgan fingerprint density at radius 3 is 2.71 bits per heavy atom. The summed E-state index contributed by atoms with van der Waals surface area (Å²) in [5.41, 5.74) is 5.49. The van der Waals surface area contributed by atoms with Gasteiger partial charge in [0.2, 0.25) is 10.0 Å². The first kappa shape index (κ1) is 15.7. The molecule has 21 heavy (non-hydrogen) atoms. The third-order valence-electron chi connectivity index (χ3n) is 3.80. The number of rotatable bonds is 3. The van der Waals surface area contributed by atoms with Crippen molar-refractivity contribution >= 4 is 21.4 Å². The van der Waals surface area contributed by atoms with Crippen LogP contribution in [0.4, 0.5) is 11.4 Å². The van der Waals surface area contributed by atoms with Crippen LogP contribution in [0.25, 0.3) is 0 Å². The summed E-state index contributed by atoms with van der Waals surface area (Å²) in [5, 5.41) is 10.8. The van der Waals surface area contributed by atoms with E-state index in [1.54, 1.807) is 0 Å². The number of nitrogens with two attached hydrogens (primary N) is 1. The lowest BCUT2D eigenvalue weighted by molar-refractivity contribution is -0.385. The highest BCUT2D eigenvalue weighted by Crippen LogP contribution is 2.29. The SMILES string of the molecule is CC1CCCN(S(=O)(=O)c2cc([N+](=O)[O-])ccc2N)CC1. The molecule has 1 heterocycles. The van der Waals surface area contributed by atoms with Gasteiger partial charge in [0.15, 0.2) is 0 Å². The zero-order valence-corrected chi connectivity index (χ0v) is 12.7. The minimum atomic E-state index is -3.79. The smallest absolute Gasteiger partial charge is 0.270 e. The molecule has 0 aromatic heterocycles. The molecular weight excluding hydrogens is 294 g/mol. The van der Waals surface area contributed by atoms with Crippen LogP contribution in [0, 0.1) is 16.0 Å². The molecule has 2 N–H and O–H groups in total. The first-order chi connectivity index (χ1) is 9.82. The molecule has 1 aliphatic rings. The quantitative estimate of drug-likeness (QED) is 0.521. The summed E-state index contributed by atoms with van der Waals surface area (Å²) in [7, 11) is -3.79. The fraction of sp³-hybridized carbons (Fsp3) is 0.538. The summed E-state index contributed by atoms with van der Waals surface area (Å²) in [6.45, 7) is 2.94. The zero-order chi connectivity index (χ0) is 15.6. The average Bonchev–Trinajstić information content (AvgIpc) is 2.64. The second kappa shape index (κ2) is 5.98. The summed E-state index contributed by atoms with van der Waals surface area (Å²) in [4.78, 5) is 10.0. The number of hydrogen-bond donors (Lipinski definition) is 1. The van der Waals surface area contributed by atoms with Gasteiger partial charge in [0.1, 0.15) is 4.90 Å². The van der Waals surface area contributed by atoms with Gasteiger partial charge in [0.25, 0.3) is 5.69 Å². The molecule has 1 saturated heterocycles. The summed E-state index contributed by atoms with van der Waals surface area (Å²) in [5.74, 6) is 0.479. The van der Waals surface area contributed by atoms with E-state index in [9.17, 15) is 18.5 Å². The highest BCUT2D eigenvalue weighted by molar-refractivity contribution is 7.89. The van der Waals surface area contributed by atoms with Crippen molar-refractivity contribution in [3.8, 4) is 0 Å². The van der Waals surface area contributed by atoms with Crippen molar-refractivity contribution in [1.82, 2.24) is 4.31 Å². The van der Waals surface area contributed by atoms with Crippen LogP contribution in [0.5, 0.6) is 0 Å². The predicted octanol–water partition coefficient (Wildman–Crippen LogP) is 1.99. The summed E-state index contributed by atoms with van der Waals surface area (Å²) >= 11 is 0. The molecule has 1 aromatic carbocycles. The molecule has 2 rings (SSSR count). The number of sulfonamides is 1. The lowest BCUT2D eigenvalue weighted by Crippen LogP contribution is -2.32. The topological polar surface area (TPSA) is 107 Å². The van der Waals surface area contributed by atoms with E-state index in [1.807, 2.05) is 0 Å². The molecule has 7 nitrogen and oxygen atoms in total. The Labute approximate surface area is 123 Å². The van der Waals surface area contributed by atoms with E-state index in [2.05, 4.69) is 6.92 Å². The van der Waals surface area contributed by atoms with Crippen molar-refractivity contribution in [1.29, 1.82) is 0 Å². The maximum Gasteiger partial charge on any atom is 0.270 e. The number of anilines is 1. The summed E-state index contributed by atoms with van der Waals surface area (Å²) < 4.78 is 26.7. The molecule has 0 radical (unpaired) electrons. The van der Waals surface area contributed by atoms with Crippen molar-refractivity contribution in [2.24, 2.45) is 5.92 Å². The molecule has 1 aliphatic heterocycles. The number of nitrogens with zero attached hydrogens (tertiary/aromatic N) is 2. The molecule has 0 bridgehead atoms. The van der Waals surface area contributed by atoms with Crippen molar-refractivity contribution in [3.63, 3.8) is 0 Å². The first-order valence-electron chi connectivity index (χ1n) is 6.86. The predicted molar refractivity (Wildman–Crippen MR) is 79.3 cm³/mol. The summed E-state index contributed by atoms with van der Waals surface area (Å²) in [6.07, 6.45) is 2.56. The van der Waals surface area contributed by atoms with E-state index in [0.717, 1.165) is 25.3 Å². The highest BCUT2D eigenvalue weighted by atomic mass is 32.2. The van der Waals surface area contributed by atoms with Crippen LogP contribution in [0.1, 0.15) is 26.2 Å².